The van der Waals surface area contributed by atoms with Crippen LogP contribution in [0.15, 0.2) is 0 Å². The first-order chi connectivity index (χ1) is 10.1. The summed E-state index contributed by atoms with van der Waals surface area (Å²) in [6.07, 6.45) is 3.24. The molecule has 0 aliphatic carbocycles. The fraction of sp³-hybridized carbons (Fsp3) is 0.882. The van der Waals surface area contributed by atoms with Crippen molar-refractivity contribution in [3.05, 3.63) is 0 Å². The first-order valence-corrected chi connectivity index (χ1v) is 8.44. The maximum Gasteiger partial charge on any atom is 0.241 e. The summed E-state index contributed by atoms with van der Waals surface area (Å²) in [5, 5.41) is 2.67. The first kappa shape index (κ1) is 18.9. The average molecular weight is 311 g/mol. The topological polar surface area (TPSA) is 75.4 Å². The van der Waals surface area contributed by atoms with Crippen LogP contribution in [-0.4, -0.2) is 42.4 Å². The Kier molecular flexibility index (Phi) is 6.85. The number of carbonyl (C=O) groups excluding carboxylic acids is 2. The number of rotatable bonds is 4. The van der Waals surface area contributed by atoms with Gasteiger partial charge in [0.25, 0.3) is 0 Å². The van der Waals surface area contributed by atoms with E-state index in [1.54, 1.807) is 0 Å². The van der Waals surface area contributed by atoms with Crippen LogP contribution in [0.2, 0.25) is 0 Å². The Labute approximate surface area is 135 Å². The fourth-order valence-corrected chi connectivity index (χ4v) is 2.91. The summed E-state index contributed by atoms with van der Waals surface area (Å²) in [5.74, 6) is 0.472. The van der Waals surface area contributed by atoms with Crippen LogP contribution in [0.3, 0.4) is 0 Å². The molecule has 3 N–H and O–H groups in total. The molecule has 1 aliphatic rings. The highest BCUT2D eigenvalue weighted by Gasteiger charge is 2.28. The Hall–Kier alpha value is -1.10. The Bertz CT molecular complexity index is 388. The molecule has 2 amide bonds. The number of nitrogens with one attached hydrogen (secondary N) is 1. The van der Waals surface area contributed by atoms with Crippen molar-refractivity contribution in [3.8, 4) is 0 Å². The second-order valence-electron chi connectivity index (χ2n) is 7.86. The summed E-state index contributed by atoms with van der Waals surface area (Å²) >= 11 is 0. The van der Waals surface area contributed by atoms with Gasteiger partial charge in [-0.25, -0.2) is 0 Å². The van der Waals surface area contributed by atoms with Gasteiger partial charge in [0.05, 0.1) is 12.6 Å². The van der Waals surface area contributed by atoms with Gasteiger partial charge in [-0.2, -0.15) is 0 Å². The molecule has 128 valence electrons. The lowest BCUT2D eigenvalue weighted by atomic mass is 9.77. The van der Waals surface area contributed by atoms with Crippen LogP contribution < -0.4 is 11.1 Å². The summed E-state index contributed by atoms with van der Waals surface area (Å²) < 4.78 is 0. The van der Waals surface area contributed by atoms with E-state index in [4.69, 9.17) is 5.73 Å². The maximum absolute atomic E-state index is 12.3. The monoisotopic (exact) mass is 311 g/mol. The molecule has 22 heavy (non-hydrogen) atoms. The number of hydrogen-bond acceptors (Lipinski definition) is 3. The highest BCUT2D eigenvalue weighted by Crippen LogP contribution is 2.34. The number of hydrogen-bond donors (Lipinski definition) is 2. The van der Waals surface area contributed by atoms with E-state index in [1.807, 2.05) is 18.7 Å². The van der Waals surface area contributed by atoms with Crippen LogP contribution >= 0.6 is 0 Å². The molecule has 5 heteroatoms. The van der Waals surface area contributed by atoms with Crippen LogP contribution in [0.4, 0.5) is 0 Å². The van der Waals surface area contributed by atoms with Crippen LogP contribution in [0.1, 0.15) is 53.9 Å². The molecule has 0 spiro atoms. The molecule has 0 saturated carbocycles. The number of amides is 2. The molecule has 1 saturated heterocycles. The number of carbonyl (C=O) groups is 2. The van der Waals surface area contributed by atoms with E-state index in [0.717, 1.165) is 32.4 Å². The molecular formula is C17H33N3O2. The van der Waals surface area contributed by atoms with Gasteiger partial charge in [0.1, 0.15) is 0 Å². The molecule has 1 aliphatic heterocycles. The maximum atomic E-state index is 12.3. The minimum atomic E-state index is -0.554. The highest BCUT2D eigenvalue weighted by atomic mass is 16.2. The quantitative estimate of drug-likeness (QED) is 0.830. The minimum absolute atomic E-state index is 0.00105. The van der Waals surface area contributed by atoms with Gasteiger partial charge >= 0.3 is 0 Å². The van der Waals surface area contributed by atoms with Crippen LogP contribution in [-0.2, 0) is 9.59 Å². The summed E-state index contributed by atoms with van der Waals surface area (Å²) in [6, 6.07) is -0.554. The van der Waals surface area contributed by atoms with Crippen LogP contribution in [0, 0.1) is 17.3 Å². The zero-order valence-electron chi connectivity index (χ0n) is 14.8. The SMILES string of the molecule is CC(C)[C@H](N)C(=O)NCC(=O)N1CCCC(C(C)(C)C)CC1. The summed E-state index contributed by atoms with van der Waals surface area (Å²) in [7, 11) is 0. The van der Waals surface area contributed by atoms with Crippen molar-refractivity contribution in [1.29, 1.82) is 0 Å². The zero-order chi connectivity index (χ0) is 16.9. The van der Waals surface area contributed by atoms with Crippen molar-refractivity contribution in [3.63, 3.8) is 0 Å². The van der Waals surface area contributed by atoms with Crippen molar-refractivity contribution in [2.45, 2.75) is 59.9 Å². The van der Waals surface area contributed by atoms with Gasteiger partial charge < -0.3 is 16.0 Å². The molecule has 1 rings (SSSR count). The molecule has 1 unspecified atom stereocenters. The number of nitrogens with zero attached hydrogens (tertiary/aromatic N) is 1. The molecule has 0 aromatic rings. The van der Waals surface area contributed by atoms with Gasteiger partial charge in [-0.05, 0) is 36.5 Å². The van der Waals surface area contributed by atoms with Crippen molar-refractivity contribution >= 4 is 11.8 Å². The second-order valence-corrected chi connectivity index (χ2v) is 7.86. The molecule has 0 aromatic heterocycles. The van der Waals surface area contributed by atoms with E-state index in [9.17, 15) is 9.59 Å². The molecule has 0 radical (unpaired) electrons. The Morgan fingerprint density at radius 1 is 1.23 bits per heavy atom. The van der Waals surface area contributed by atoms with E-state index in [1.165, 1.54) is 0 Å². The molecule has 1 fully saturated rings. The number of nitrogens with two attached hydrogens (primary N) is 1. The summed E-state index contributed by atoms with van der Waals surface area (Å²) in [6.45, 7) is 12.2. The minimum Gasteiger partial charge on any atom is -0.346 e. The van der Waals surface area contributed by atoms with Crippen LogP contribution in [0.5, 0.6) is 0 Å². The van der Waals surface area contributed by atoms with Gasteiger partial charge in [-0.15, -0.1) is 0 Å². The van der Waals surface area contributed by atoms with Crippen molar-refractivity contribution in [2.75, 3.05) is 19.6 Å². The van der Waals surface area contributed by atoms with Gasteiger partial charge in [-0.1, -0.05) is 34.6 Å². The standard InChI is InChI=1S/C17H33N3O2/c1-12(2)15(18)16(22)19-11-14(21)20-9-6-7-13(8-10-20)17(3,4)5/h12-13,15H,6-11,18H2,1-5H3,(H,19,22)/t13?,15-/m0/s1. The predicted molar refractivity (Wildman–Crippen MR) is 89.2 cm³/mol. The third-order valence-corrected chi connectivity index (χ3v) is 4.74. The summed E-state index contributed by atoms with van der Waals surface area (Å²) in [4.78, 5) is 26.0. The predicted octanol–water partition coefficient (Wildman–Crippen LogP) is 1.76. The van der Waals surface area contributed by atoms with Crippen molar-refractivity contribution in [1.82, 2.24) is 10.2 Å². The van der Waals surface area contributed by atoms with E-state index < -0.39 is 6.04 Å². The molecular weight excluding hydrogens is 278 g/mol. The number of likely N-dealkylation sites (tertiary alicyclic amines) is 1. The highest BCUT2D eigenvalue weighted by molar-refractivity contribution is 5.87. The lowest BCUT2D eigenvalue weighted by Gasteiger charge is -2.29. The third kappa shape index (κ3) is 5.59. The molecule has 1 heterocycles. The largest absolute Gasteiger partial charge is 0.346 e. The van der Waals surface area contributed by atoms with E-state index >= 15 is 0 Å². The van der Waals surface area contributed by atoms with Crippen molar-refractivity contribution in [2.24, 2.45) is 23.0 Å². The van der Waals surface area contributed by atoms with Crippen LogP contribution in [0.25, 0.3) is 0 Å². The third-order valence-electron chi connectivity index (χ3n) is 4.74. The molecule has 2 atom stereocenters. The smallest absolute Gasteiger partial charge is 0.241 e. The lowest BCUT2D eigenvalue weighted by Crippen LogP contribution is -2.48. The average Bonchev–Trinajstić information content (AvgIpc) is 2.68. The van der Waals surface area contributed by atoms with E-state index in [-0.39, 0.29) is 29.7 Å². The van der Waals surface area contributed by atoms with Gasteiger partial charge in [0.2, 0.25) is 11.8 Å². The molecule has 0 aromatic carbocycles. The van der Waals surface area contributed by atoms with Gasteiger partial charge in [0.15, 0.2) is 0 Å². The Balaban J connectivity index is 2.45. The Morgan fingerprint density at radius 3 is 2.41 bits per heavy atom. The van der Waals surface area contributed by atoms with E-state index in [2.05, 4.69) is 26.1 Å². The zero-order valence-corrected chi connectivity index (χ0v) is 14.8. The lowest BCUT2D eigenvalue weighted by molar-refractivity contribution is -0.133. The van der Waals surface area contributed by atoms with Gasteiger partial charge in [-0.3, -0.25) is 9.59 Å². The first-order valence-electron chi connectivity index (χ1n) is 8.44. The fourth-order valence-electron chi connectivity index (χ4n) is 2.91. The Morgan fingerprint density at radius 2 is 1.86 bits per heavy atom. The second kappa shape index (κ2) is 7.95. The van der Waals surface area contributed by atoms with Gasteiger partial charge in [0, 0.05) is 13.1 Å². The summed E-state index contributed by atoms with van der Waals surface area (Å²) in [5.41, 5.74) is 6.07. The van der Waals surface area contributed by atoms with E-state index in [0.29, 0.717) is 5.92 Å². The van der Waals surface area contributed by atoms with Crippen molar-refractivity contribution < 1.29 is 9.59 Å². The normalized spacial score (nSPS) is 21.4. The molecule has 0 bridgehead atoms. The molecule has 5 nitrogen and oxygen atoms in total.